The van der Waals surface area contributed by atoms with Gasteiger partial charge in [0.15, 0.2) is 5.96 Å². The molecule has 0 atom stereocenters. The van der Waals surface area contributed by atoms with E-state index in [2.05, 4.69) is 4.99 Å². The highest BCUT2D eigenvalue weighted by Crippen LogP contribution is 2.20. The Morgan fingerprint density at radius 2 is 1.68 bits per heavy atom. The van der Waals surface area contributed by atoms with Crippen molar-refractivity contribution in [2.24, 2.45) is 10.7 Å². The summed E-state index contributed by atoms with van der Waals surface area (Å²) in [5.41, 5.74) is 5.28. The van der Waals surface area contributed by atoms with Gasteiger partial charge in [0.25, 0.3) is 0 Å². The van der Waals surface area contributed by atoms with Gasteiger partial charge in [-0.05, 0) is 33.1 Å². The van der Waals surface area contributed by atoms with E-state index >= 15 is 0 Å². The molecule has 6 nitrogen and oxygen atoms in total. The molecule has 1 amide bonds. The molecule has 0 aromatic rings. The van der Waals surface area contributed by atoms with Crippen molar-refractivity contribution in [3.8, 4) is 0 Å². The molecule has 0 aromatic carbocycles. The first-order valence-electron chi connectivity index (χ1n) is 8.10. The number of ether oxygens (including phenoxy) is 1. The third-order valence-corrected chi connectivity index (χ3v) is 3.81. The van der Waals surface area contributed by atoms with Crippen LogP contribution in [-0.2, 0) is 14.3 Å². The van der Waals surface area contributed by atoms with Gasteiger partial charge in [-0.3, -0.25) is 9.59 Å². The van der Waals surface area contributed by atoms with Gasteiger partial charge in [-0.15, -0.1) is 0 Å². The number of hydrogen-bond acceptors (Lipinski definition) is 5. The first kappa shape index (κ1) is 18.5. The number of carbonyl (C=O) groups excluding carboxylic acids is 2. The maximum Gasteiger partial charge on any atom is 0.326 e. The number of likely N-dealkylation sites (N-methyl/N-ethyl adjacent to an activating group) is 1. The Kier molecular flexibility index (Phi) is 7.35. The smallest absolute Gasteiger partial charge is 0.326 e. The lowest BCUT2D eigenvalue weighted by Gasteiger charge is -2.27. The van der Waals surface area contributed by atoms with Gasteiger partial charge in [0.2, 0.25) is 5.91 Å². The quantitative estimate of drug-likeness (QED) is 0.693. The van der Waals surface area contributed by atoms with Gasteiger partial charge in [-0.1, -0.05) is 25.7 Å². The standard InChI is InChI=1S/C16H29N3O3/c1-16(2)11-9-7-5-4-6-8-10-13(20)18-15(17)19(3)12-14(21)22-16/h4-12H2,1-3H3,(H2,17,18,20). The molecule has 0 unspecified atom stereocenters. The number of aliphatic imine (C=N–C) groups is 1. The van der Waals surface area contributed by atoms with E-state index in [4.69, 9.17) is 10.5 Å². The zero-order valence-corrected chi connectivity index (χ0v) is 14.1. The van der Waals surface area contributed by atoms with Crippen molar-refractivity contribution in [2.45, 2.75) is 70.8 Å². The lowest BCUT2D eigenvalue weighted by atomic mass is 9.99. The fourth-order valence-electron chi connectivity index (χ4n) is 2.47. The van der Waals surface area contributed by atoms with Crippen molar-refractivity contribution in [2.75, 3.05) is 13.6 Å². The highest BCUT2D eigenvalue weighted by atomic mass is 16.6. The third-order valence-electron chi connectivity index (χ3n) is 3.81. The monoisotopic (exact) mass is 311 g/mol. The molecular weight excluding hydrogens is 282 g/mol. The molecule has 22 heavy (non-hydrogen) atoms. The van der Waals surface area contributed by atoms with Gasteiger partial charge in [-0.25, -0.2) is 0 Å². The summed E-state index contributed by atoms with van der Waals surface area (Å²) in [5, 5.41) is 0. The molecule has 0 saturated heterocycles. The van der Waals surface area contributed by atoms with Crippen LogP contribution in [0.2, 0.25) is 0 Å². The predicted molar refractivity (Wildman–Crippen MR) is 86.4 cm³/mol. The minimum atomic E-state index is -0.475. The minimum Gasteiger partial charge on any atom is -0.458 e. The minimum absolute atomic E-state index is 0.00789. The summed E-state index contributed by atoms with van der Waals surface area (Å²) in [5.74, 6) is -0.526. The Hall–Kier alpha value is -1.59. The van der Waals surface area contributed by atoms with Crippen molar-refractivity contribution in [3.05, 3.63) is 0 Å². The first-order valence-corrected chi connectivity index (χ1v) is 8.10. The van der Waals surface area contributed by atoms with Crippen molar-refractivity contribution < 1.29 is 14.3 Å². The molecule has 6 heteroatoms. The highest BCUT2D eigenvalue weighted by molar-refractivity contribution is 5.93. The van der Waals surface area contributed by atoms with E-state index in [1.807, 2.05) is 13.8 Å². The van der Waals surface area contributed by atoms with Gasteiger partial charge in [0, 0.05) is 13.5 Å². The topological polar surface area (TPSA) is 85.0 Å². The molecule has 0 spiro atoms. The summed E-state index contributed by atoms with van der Waals surface area (Å²) in [6, 6.07) is 0. The van der Waals surface area contributed by atoms with E-state index in [0.717, 1.165) is 44.9 Å². The fourth-order valence-corrected chi connectivity index (χ4v) is 2.47. The van der Waals surface area contributed by atoms with Crippen LogP contribution in [0.1, 0.15) is 65.2 Å². The van der Waals surface area contributed by atoms with E-state index in [9.17, 15) is 9.59 Å². The van der Waals surface area contributed by atoms with Gasteiger partial charge < -0.3 is 15.4 Å². The Morgan fingerprint density at radius 3 is 2.36 bits per heavy atom. The molecular formula is C16H29N3O3. The molecule has 1 aliphatic rings. The van der Waals surface area contributed by atoms with E-state index in [0.29, 0.717) is 6.42 Å². The second-order valence-electron chi connectivity index (χ2n) is 6.57. The van der Waals surface area contributed by atoms with Gasteiger partial charge in [0.05, 0.1) is 0 Å². The number of nitrogens with zero attached hydrogens (tertiary/aromatic N) is 2. The average Bonchev–Trinajstić information content (AvgIpc) is 2.39. The number of rotatable bonds is 0. The first-order chi connectivity index (χ1) is 10.3. The summed E-state index contributed by atoms with van der Waals surface area (Å²) in [6.07, 6.45) is 7.57. The molecule has 0 bridgehead atoms. The van der Waals surface area contributed by atoms with Crippen LogP contribution in [0, 0.1) is 0 Å². The Bertz CT molecular complexity index is 419. The van der Waals surface area contributed by atoms with Crippen LogP contribution in [0.4, 0.5) is 0 Å². The van der Waals surface area contributed by atoms with Crippen LogP contribution in [-0.4, -0.2) is 41.9 Å². The Morgan fingerprint density at radius 1 is 1.09 bits per heavy atom. The molecule has 0 saturated carbocycles. The molecule has 1 heterocycles. The summed E-state index contributed by atoms with van der Waals surface area (Å²) < 4.78 is 5.51. The number of hydrogen-bond donors (Lipinski definition) is 1. The van der Waals surface area contributed by atoms with Crippen LogP contribution in [0.3, 0.4) is 0 Å². The number of amides is 1. The van der Waals surface area contributed by atoms with Gasteiger partial charge in [0.1, 0.15) is 12.1 Å². The second-order valence-corrected chi connectivity index (χ2v) is 6.57. The maximum atomic E-state index is 12.0. The maximum absolute atomic E-state index is 12.0. The van der Waals surface area contributed by atoms with Gasteiger partial charge in [-0.2, -0.15) is 4.99 Å². The van der Waals surface area contributed by atoms with Crippen LogP contribution in [0.15, 0.2) is 4.99 Å². The third kappa shape index (κ3) is 7.43. The second kappa shape index (κ2) is 8.76. The van der Waals surface area contributed by atoms with Crippen molar-refractivity contribution in [1.82, 2.24) is 4.90 Å². The summed E-state index contributed by atoms with van der Waals surface area (Å²) >= 11 is 0. The van der Waals surface area contributed by atoms with Crippen molar-refractivity contribution >= 4 is 17.8 Å². The number of carbonyl (C=O) groups is 2. The number of cyclic esters (lactones) is 1. The molecule has 126 valence electrons. The van der Waals surface area contributed by atoms with E-state index < -0.39 is 5.60 Å². The highest BCUT2D eigenvalue weighted by Gasteiger charge is 2.23. The summed E-state index contributed by atoms with van der Waals surface area (Å²) in [6.45, 7) is 3.84. The van der Waals surface area contributed by atoms with E-state index in [1.165, 1.54) is 4.90 Å². The van der Waals surface area contributed by atoms with E-state index in [1.54, 1.807) is 7.05 Å². The molecule has 1 aliphatic heterocycles. The zero-order chi connectivity index (χ0) is 16.6. The summed E-state index contributed by atoms with van der Waals surface area (Å²) in [7, 11) is 1.63. The number of esters is 1. The van der Waals surface area contributed by atoms with Crippen molar-refractivity contribution in [1.29, 1.82) is 0 Å². The molecule has 0 aromatic heterocycles. The molecule has 0 radical (unpaired) electrons. The number of nitrogens with two attached hydrogens (primary N) is 1. The van der Waals surface area contributed by atoms with Crippen LogP contribution >= 0.6 is 0 Å². The summed E-state index contributed by atoms with van der Waals surface area (Å²) in [4.78, 5) is 29.0. The van der Waals surface area contributed by atoms with Crippen LogP contribution < -0.4 is 5.73 Å². The Labute approximate surface area is 133 Å². The lowest BCUT2D eigenvalue weighted by Crippen LogP contribution is -2.41. The largest absolute Gasteiger partial charge is 0.458 e. The predicted octanol–water partition coefficient (Wildman–Crippen LogP) is 2.22. The zero-order valence-electron chi connectivity index (χ0n) is 14.1. The SMILES string of the molecule is CN1CC(=O)OC(C)(C)CCCCCCCCC(=O)N=C1N. The molecule has 2 N–H and O–H groups in total. The van der Waals surface area contributed by atoms with E-state index in [-0.39, 0.29) is 24.4 Å². The van der Waals surface area contributed by atoms with Crippen molar-refractivity contribution in [3.63, 3.8) is 0 Å². The van der Waals surface area contributed by atoms with Gasteiger partial charge >= 0.3 is 5.97 Å². The van der Waals surface area contributed by atoms with Crippen LogP contribution in [0.5, 0.6) is 0 Å². The average molecular weight is 311 g/mol. The molecule has 0 aliphatic carbocycles. The molecule has 1 rings (SSSR count). The Balaban J connectivity index is 2.71. The normalized spacial score (nSPS) is 22.9. The van der Waals surface area contributed by atoms with Crippen LogP contribution in [0.25, 0.3) is 0 Å². The number of guanidine groups is 1. The lowest BCUT2D eigenvalue weighted by molar-refractivity contribution is -0.157. The molecule has 0 fully saturated rings. The fraction of sp³-hybridized carbons (Fsp3) is 0.812.